The van der Waals surface area contributed by atoms with Crippen molar-refractivity contribution in [3.05, 3.63) is 119 Å². The summed E-state index contributed by atoms with van der Waals surface area (Å²) in [6.45, 7) is 20.6. The van der Waals surface area contributed by atoms with Crippen molar-refractivity contribution < 1.29 is 20.1 Å². The van der Waals surface area contributed by atoms with E-state index in [2.05, 4.69) is 90.2 Å². The molecule has 0 spiro atoms. The molecule has 2 fully saturated rings. The fraction of sp³-hybridized carbons (Fsp3) is 0.500. The summed E-state index contributed by atoms with van der Waals surface area (Å²) in [6, 6.07) is 0. The second-order valence-corrected chi connectivity index (χ2v) is 14.7. The van der Waals surface area contributed by atoms with Gasteiger partial charge >= 0.3 is 0 Å². The highest BCUT2D eigenvalue weighted by atomic mass is 16.6. The van der Waals surface area contributed by atoms with E-state index in [-0.39, 0.29) is 22.7 Å². The molecule has 0 unspecified atom stereocenters. The van der Waals surface area contributed by atoms with E-state index in [1.165, 1.54) is 0 Å². The first-order valence-corrected chi connectivity index (χ1v) is 15.9. The Balaban J connectivity index is 1.51. The van der Waals surface area contributed by atoms with Crippen LogP contribution in [0.1, 0.15) is 88.5 Å². The van der Waals surface area contributed by atoms with Crippen LogP contribution in [0.3, 0.4) is 0 Å². The van der Waals surface area contributed by atoms with Crippen LogP contribution in [0, 0.1) is 10.8 Å². The van der Waals surface area contributed by atoms with Gasteiger partial charge in [0.15, 0.2) is 0 Å². The van der Waals surface area contributed by atoms with Crippen LogP contribution in [0.5, 0.6) is 0 Å². The average Bonchev–Trinajstić information content (AvgIpc) is 3.52. The molecule has 44 heavy (non-hydrogen) atoms. The molecule has 240 valence electrons. The normalized spacial score (nSPS) is 35.0. The van der Waals surface area contributed by atoms with Gasteiger partial charge in [-0.2, -0.15) is 0 Å². The van der Waals surface area contributed by atoms with Gasteiger partial charge in [-0.1, -0.05) is 129 Å². The summed E-state index contributed by atoms with van der Waals surface area (Å²) in [5, 5.41) is 31.7. The molecule has 5 atom stereocenters. The van der Waals surface area contributed by atoms with Crippen LogP contribution < -0.4 is 0 Å². The fourth-order valence-electron chi connectivity index (χ4n) is 6.96. The Kier molecular flexibility index (Phi) is 11.1. The van der Waals surface area contributed by atoms with E-state index >= 15 is 0 Å². The maximum atomic E-state index is 11.3. The van der Waals surface area contributed by atoms with E-state index in [0.29, 0.717) is 12.8 Å². The number of aliphatic hydroxyl groups excluding tert-OH is 2. The van der Waals surface area contributed by atoms with Gasteiger partial charge in [0, 0.05) is 17.3 Å². The van der Waals surface area contributed by atoms with Gasteiger partial charge in [-0.15, -0.1) is 0 Å². The van der Waals surface area contributed by atoms with Gasteiger partial charge in [-0.25, -0.2) is 0 Å². The zero-order valence-electron chi connectivity index (χ0n) is 28.7. The molecule has 3 N–H and O–H groups in total. The van der Waals surface area contributed by atoms with Crippen molar-refractivity contribution in [1.29, 1.82) is 0 Å². The first-order chi connectivity index (χ1) is 20.4. The van der Waals surface area contributed by atoms with E-state index in [1.807, 2.05) is 64.2 Å². The van der Waals surface area contributed by atoms with Crippen molar-refractivity contribution in [2.45, 2.75) is 118 Å². The summed E-state index contributed by atoms with van der Waals surface area (Å²) in [5.74, 6) is 0. The van der Waals surface area contributed by atoms with Crippen LogP contribution in [-0.2, 0) is 4.74 Å². The molecule has 0 aromatic heterocycles. The molecule has 0 aromatic rings. The minimum atomic E-state index is -1.08. The standard InChI is InChI=1S/C40H56O4/c1-29(17-13-19-31(3)21-23-39(43)33(5)25-34(41)26-36(39,6)7)15-11-12-16-30(2)18-14-20-32(4)22-24-40-37(8,9)27-35(42)28-38(40,10)44-40/h11-25,34-35,41-43H,26-28H2,1-10H3/b12-11+,17-13+,18-14+,23-21+,24-22+,29-15+,30-16+,31-19+,32-20+/t34-,35-,38-,39-,40+/m0/s1. The first-order valence-electron chi connectivity index (χ1n) is 15.9. The quantitative estimate of drug-likeness (QED) is 0.133. The average molecular weight is 601 g/mol. The Morgan fingerprint density at radius 2 is 1.16 bits per heavy atom. The highest BCUT2D eigenvalue weighted by Crippen LogP contribution is 2.66. The summed E-state index contributed by atoms with van der Waals surface area (Å²) >= 11 is 0. The lowest BCUT2D eigenvalue weighted by molar-refractivity contribution is -0.0292. The Hall–Kier alpha value is -2.76. The third-order valence-electron chi connectivity index (χ3n) is 9.74. The molecule has 1 aliphatic heterocycles. The smallest absolute Gasteiger partial charge is 0.121 e. The summed E-state index contributed by atoms with van der Waals surface area (Å²) in [5.41, 5.74) is 3.05. The zero-order chi connectivity index (χ0) is 33.0. The highest BCUT2D eigenvalue weighted by molar-refractivity contribution is 5.38. The lowest BCUT2D eigenvalue weighted by Crippen LogP contribution is -2.48. The molecule has 0 bridgehead atoms. The Morgan fingerprint density at radius 3 is 1.66 bits per heavy atom. The summed E-state index contributed by atoms with van der Waals surface area (Å²) in [4.78, 5) is 0. The number of epoxide rings is 1. The predicted molar refractivity (Wildman–Crippen MR) is 185 cm³/mol. The minimum absolute atomic E-state index is 0.104. The van der Waals surface area contributed by atoms with E-state index in [9.17, 15) is 15.3 Å². The number of hydrogen-bond donors (Lipinski definition) is 3. The van der Waals surface area contributed by atoms with Crippen molar-refractivity contribution in [2.75, 3.05) is 0 Å². The molecule has 1 heterocycles. The molecular weight excluding hydrogens is 544 g/mol. The van der Waals surface area contributed by atoms with E-state index in [1.54, 1.807) is 6.08 Å². The highest BCUT2D eigenvalue weighted by Gasteiger charge is 2.74. The lowest BCUT2D eigenvalue weighted by Gasteiger charge is -2.46. The Bertz CT molecular complexity index is 1370. The predicted octanol–water partition coefficient (Wildman–Crippen LogP) is 8.73. The number of aliphatic hydroxyl groups is 3. The van der Waals surface area contributed by atoms with Crippen molar-refractivity contribution in [1.82, 2.24) is 0 Å². The molecule has 0 amide bonds. The number of hydrogen-bond acceptors (Lipinski definition) is 4. The second-order valence-electron chi connectivity index (χ2n) is 14.7. The molecule has 0 radical (unpaired) electrons. The van der Waals surface area contributed by atoms with Crippen molar-refractivity contribution >= 4 is 0 Å². The number of fused-ring (bicyclic) bond motifs is 1. The molecule has 0 aromatic carbocycles. The van der Waals surface area contributed by atoms with E-state index < -0.39 is 17.1 Å². The number of ether oxygens (including phenoxy) is 1. The molecule has 4 nitrogen and oxygen atoms in total. The van der Waals surface area contributed by atoms with Gasteiger partial charge in [0.25, 0.3) is 0 Å². The maximum Gasteiger partial charge on any atom is 0.121 e. The number of rotatable bonds is 10. The summed E-state index contributed by atoms with van der Waals surface area (Å²) in [6.07, 6.45) is 31.7. The van der Waals surface area contributed by atoms with Gasteiger partial charge in [-0.05, 0) is 72.1 Å². The molecule has 1 saturated heterocycles. The molecule has 3 rings (SSSR count). The number of allylic oxidation sites excluding steroid dienone is 16. The molecule has 3 aliphatic rings. The molecule has 2 aliphatic carbocycles. The topological polar surface area (TPSA) is 73.2 Å². The lowest BCUT2D eigenvalue weighted by atomic mass is 9.63. The SMILES string of the molecule is CC1=C[C@H](O)CC(C)(C)[C@]1(O)/C=C/C(C)=C/C=C/C(C)=C/C=C/C=C(C)/C=C/C=C(C)/C=C/[C@]12O[C@@]1(C)C[C@@H](O)CC2(C)C. The summed E-state index contributed by atoms with van der Waals surface area (Å²) in [7, 11) is 0. The monoisotopic (exact) mass is 600 g/mol. The van der Waals surface area contributed by atoms with Crippen LogP contribution in [0.2, 0.25) is 0 Å². The van der Waals surface area contributed by atoms with Crippen LogP contribution >= 0.6 is 0 Å². The van der Waals surface area contributed by atoms with Crippen LogP contribution in [0.4, 0.5) is 0 Å². The van der Waals surface area contributed by atoms with Crippen molar-refractivity contribution in [3.63, 3.8) is 0 Å². The van der Waals surface area contributed by atoms with Gasteiger partial charge < -0.3 is 20.1 Å². The minimum Gasteiger partial charge on any atom is -0.393 e. The van der Waals surface area contributed by atoms with Crippen molar-refractivity contribution in [2.24, 2.45) is 10.8 Å². The van der Waals surface area contributed by atoms with Gasteiger partial charge in [-0.3, -0.25) is 0 Å². The molecule has 1 saturated carbocycles. The Morgan fingerprint density at radius 1 is 0.682 bits per heavy atom. The van der Waals surface area contributed by atoms with Crippen LogP contribution in [0.15, 0.2) is 119 Å². The van der Waals surface area contributed by atoms with Gasteiger partial charge in [0.2, 0.25) is 0 Å². The van der Waals surface area contributed by atoms with Gasteiger partial charge in [0.05, 0.1) is 12.2 Å². The first kappa shape index (κ1) is 35.7. The van der Waals surface area contributed by atoms with E-state index in [0.717, 1.165) is 34.3 Å². The van der Waals surface area contributed by atoms with Crippen LogP contribution in [-0.4, -0.2) is 44.3 Å². The van der Waals surface area contributed by atoms with Crippen molar-refractivity contribution in [3.8, 4) is 0 Å². The molecule has 4 heteroatoms. The zero-order valence-corrected chi connectivity index (χ0v) is 28.7. The van der Waals surface area contributed by atoms with Gasteiger partial charge in [0.1, 0.15) is 16.8 Å². The third kappa shape index (κ3) is 8.09. The second kappa shape index (κ2) is 13.7. The van der Waals surface area contributed by atoms with E-state index in [4.69, 9.17) is 4.74 Å². The Labute approximate surface area is 267 Å². The maximum absolute atomic E-state index is 11.3. The summed E-state index contributed by atoms with van der Waals surface area (Å²) < 4.78 is 6.24. The fourth-order valence-corrected chi connectivity index (χ4v) is 6.96. The largest absolute Gasteiger partial charge is 0.393 e. The molecular formula is C40H56O4. The van der Waals surface area contributed by atoms with Crippen LogP contribution in [0.25, 0.3) is 0 Å². The third-order valence-corrected chi connectivity index (χ3v) is 9.74.